The van der Waals surface area contributed by atoms with Gasteiger partial charge >= 0.3 is 6.18 Å². The lowest BCUT2D eigenvalue weighted by atomic mass is 10.0. The van der Waals surface area contributed by atoms with Crippen LogP contribution in [-0.4, -0.2) is 30.3 Å². The number of nitrogens with one attached hydrogen (secondary N) is 1. The fraction of sp³-hybridized carbons (Fsp3) is 0.185. The Morgan fingerprint density at radius 3 is 2.44 bits per heavy atom. The molecule has 3 aromatic heterocycles. The molecular weight excluding hydrogens is 552 g/mol. The number of carbonyl (C=O) groups is 1. The van der Waals surface area contributed by atoms with Crippen molar-refractivity contribution in [3.63, 3.8) is 0 Å². The molecule has 0 saturated carbocycles. The molecular formula is C27H21Cl2F3N6O. The van der Waals surface area contributed by atoms with Gasteiger partial charge in [0.15, 0.2) is 17.2 Å². The number of hydrogen-bond acceptors (Lipinski definition) is 4. The summed E-state index contributed by atoms with van der Waals surface area (Å²) in [5.41, 5.74) is 0.872. The van der Waals surface area contributed by atoms with Crippen LogP contribution in [0.25, 0.3) is 16.9 Å². The third kappa shape index (κ3) is 5.48. The van der Waals surface area contributed by atoms with Gasteiger partial charge in [-0.1, -0.05) is 79.5 Å². The second-order valence-corrected chi connectivity index (χ2v) is 9.98. The van der Waals surface area contributed by atoms with Crippen LogP contribution >= 0.6 is 23.2 Å². The van der Waals surface area contributed by atoms with E-state index in [4.69, 9.17) is 23.2 Å². The van der Waals surface area contributed by atoms with E-state index in [0.717, 1.165) is 23.4 Å². The van der Waals surface area contributed by atoms with Crippen molar-refractivity contribution in [2.45, 2.75) is 32.5 Å². The molecule has 3 heterocycles. The van der Waals surface area contributed by atoms with Gasteiger partial charge in [-0.15, -0.1) is 0 Å². The number of benzene rings is 2. The normalized spacial score (nSPS) is 11.9. The Balaban J connectivity index is 1.49. The summed E-state index contributed by atoms with van der Waals surface area (Å²) in [6.45, 7) is 4.33. The van der Waals surface area contributed by atoms with Crippen LogP contribution in [0.3, 0.4) is 0 Å². The monoisotopic (exact) mass is 572 g/mol. The minimum atomic E-state index is -4.74. The highest BCUT2D eigenvalue weighted by molar-refractivity contribution is 6.33. The Hall–Kier alpha value is -3.89. The first-order valence-corrected chi connectivity index (χ1v) is 12.6. The summed E-state index contributed by atoms with van der Waals surface area (Å²) in [5, 5.41) is 11.3. The van der Waals surface area contributed by atoms with Crippen LogP contribution in [0.1, 0.15) is 46.9 Å². The maximum absolute atomic E-state index is 14.0. The first-order valence-electron chi connectivity index (χ1n) is 11.9. The standard InChI is InChI=1S/C27H21Cl2F3N6O/c1-15(2)16-7-9-17(10-8-16)22-11-23(27(30,31)32)38-25(34-22)19(12-33-38)26(39)35-24-21(29)14-37(36-24)13-18-5-3-4-6-20(18)28/h3-12,14-15H,13H2,1-2H3,(H,35,36,39). The molecule has 0 unspecified atom stereocenters. The maximum atomic E-state index is 14.0. The molecule has 0 atom stereocenters. The van der Waals surface area contributed by atoms with Gasteiger partial charge < -0.3 is 5.32 Å². The van der Waals surface area contributed by atoms with Crippen LogP contribution in [-0.2, 0) is 12.7 Å². The Labute approximate surface area is 231 Å². The van der Waals surface area contributed by atoms with Gasteiger partial charge in [0, 0.05) is 16.8 Å². The number of carbonyl (C=O) groups excluding carboxylic acids is 1. The van der Waals surface area contributed by atoms with Crippen molar-refractivity contribution in [2.75, 3.05) is 5.32 Å². The Morgan fingerprint density at radius 2 is 1.77 bits per heavy atom. The van der Waals surface area contributed by atoms with E-state index >= 15 is 0 Å². The van der Waals surface area contributed by atoms with Gasteiger partial charge in [0.1, 0.15) is 10.6 Å². The Morgan fingerprint density at radius 1 is 1.05 bits per heavy atom. The molecule has 0 bridgehead atoms. The summed E-state index contributed by atoms with van der Waals surface area (Å²) in [4.78, 5) is 17.6. The summed E-state index contributed by atoms with van der Waals surface area (Å²) in [6, 6.07) is 15.2. The molecule has 1 N–H and O–H groups in total. The minimum Gasteiger partial charge on any atom is -0.304 e. The van der Waals surface area contributed by atoms with E-state index in [2.05, 4.69) is 20.5 Å². The summed E-state index contributed by atoms with van der Waals surface area (Å²) < 4.78 is 44.0. The topological polar surface area (TPSA) is 77.1 Å². The van der Waals surface area contributed by atoms with Crippen molar-refractivity contribution in [2.24, 2.45) is 0 Å². The SMILES string of the molecule is CC(C)c1ccc(-c2cc(C(F)(F)F)n3ncc(C(=O)Nc4nn(Cc5ccccc5Cl)cc4Cl)c3n2)cc1. The molecule has 0 radical (unpaired) electrons. The molecule has 0 saturated heterocycles. The van der Waals surface area contributed by atoms with Crippen molar-refractivity contribution in [1.29, 1.82) is 0 Å². The smallest absolute Gasteiger partial charge is 0.304 e. The number of halogens is 5. The fourth-order valence-electron chi connectivity index (χ4n) is 4.05. The maximum Gasteiger partial charge on any atom is 0.433 e. The van der Waals surface area contributed by atoms with Crippen LogP contribution < -0.4 is 5.32 Å². The number of alkyl halides is 3. The van der Waals surface area contributed by atoms with Gasteiger partial charge in [-0.2, -0.15) is 23.4 Å². The molecule has 0 spiro atoms. The number of fused-ring (bicyclic) bond motifs is 1. The average molecular weight is 573 g/mol. The van der Waals surface area contributed by atoms with Gasteiger partial charge in [0.25, 0.3) is 5.91 Å². The molecule has 0 fully saturated rings. The zero-order valence-corrected chi connectivity index (χ0v) is 22.2. The van der Waals surface area contributed by atoms with Gasteiger partial charge in [-0.25, -0.2) is 9.50 Å². The number of hydrogen-bond donors (Lipinski definition) is 1. The first-order chi connectivity index (χ1) is 18.5. The number of rotatable bonds is 6. The van der Waals surface area contributed by atoms with Gasteiger partial charge in [0.2, 0.25) is 0 Å². The van der Waals surface area contributed by atoms with Crippen molar-refractivity contribution in [3.8, 4) is 11.3 Å². The molecule has 1 amide bonds. The molecule has 200 valence electrons. The van der Waals surface area contributed by atoms with Gasteiger partial charge in [-0.05, 0) is 29.2 Å². The summed E-state index contributed by atoms with van der Waals surface area (Å²) in [7, 11) is 0. The van der Waals surface area contributed by atoms with Crippen LogP contribution in [0, 0.1) is 0 Å². The highest BCUT2D eigenvalue weighted by Gasteiger charge is 2.36. The van der Waals surface area contributed by atoms with E-state index < -0.39 is 17.8 Å². The zero-order chi connectivity index (χ0) is 27.9. The predicted molar refractivity (Wildman–Crippen MR) is 143 cm³/mol. The lowest BCUT2D eigenvalue weighted by Gasteiger charge is -2.12. The molecule has 7 nitrogen and oxygen atoms in total. The van der Waals surface area contributed by atoms with E-state index in [-0.39, 0.29) is 33.7 Å². The van der Waals surface area contributed by atoms with Crippen molar-refractivity contribution in [3.05, 3.63) is 99.4 Å². The third-order valence-electron chi connectivity index (χ3n) is 6.12. The van der Waals surface area contributed by atoms with Crippen molar-refractivity contribution < 1.29 is 18.0 Å². The lowest BCUT2D eigenvalue weighted by molar-refractivity contribution is -0.142. The van der Waals surface area contributed by atoms with Crippen LogP contribution in [0.5, 0.6) is 0 Å². The molecule has 39 heavy (non-hydrogen) atoms. The Kier molecular flexibility index (Phi) is 7.09. The molecule has 5 rings (SSSR count). The molecule has 12 heteroatoms. The van der Waals surface area contributed by atoms with E-state index in [1.807, 2.05) is 38.1 Å². The second-order valence-electron chi connectivity index (χ2n) is 9.16. The first kappa shape index (κ1) is 26.7. The molecule has 0 aliphatic heterocycles. The van der Waals surface area contributed by atoms with E-state index in [1.165, 1.54) is 10.9 Å². The molecule has 2 aromatic carbocycles. The van der Waals surface area contributed by atoms with Gasteiger partial charge in [0.05, 0.1) is 18.4 Å². The van der Waals surface area contributed by atoms with Crippen molar-refractivity contribution in [1.82, 2.24) is 24.4 Å². The van der Waals surface area contributed by atoms with Crippen LogP contribution in [0.15, 0.2) is 67.0 Å². The van der Waals surface area contributed by atoms with Crippen LogP contribution in [0.2, 0.25) is 10.0 Å². The molecule has 0 aliphatic carbocycles. The van der Waals surface area contributed by atoms with E-state index in [9.17, 15) is 18.0 Å². The highest BCUT2D eigenvalue weighted by atomic mass is 35.5. The third-order valence-corrected chi connectivity index (χ3v) is 6.76. The van der Waals surface area contributed by atoms with Crippen LogP contribution in [0.4, 0.5) is 19.0 Å². The van der Waals surface area contributed by atoms with Gasteiger partial charge in [-0.3, -0.25) is 9.48 Å². The summed E-state index contributed by atoms with van der Waals surface area (Å²) >= 11 is 12.5. The number of amides is 1. The van der Waals surface area contributed by atoms with E-state index in [1.54, 1.807) is 24.3 Å². The predicted octanol–water partition coefficient (Wildman–Crippen LogP) is 7.34. The summed E-state index contributed by atoms with van der Waals surface area (Å²) in [5.74, 6) is -0.474. The number of anilines is 1. The summed E-state index contributed by atoms with van der Waals surface area (Å²) in [6.07, 6.45) is -2.20. The number of aromatic nitrogens is 5. The highest BCUT2D eigenvalue weighted by Crippen LogP contribution is 2.33. The van der Waals surface area contributed by atoms with E-state index in [0.29, 0.717) is 21.6 Å². The second kappa shape index (κ2) is 10.3. The largest absolute Gasteiger partial charge is 0.433 e. The lowest BCUT2D eigenvalue weighted by Crippen LogP contribution is -2.16. The van der Waals surface area contributed by atoms with Crippen molar-refractivity contribution >= 4 is 40.6 Å². The molecule has 5 aromatic rings. The quantitative estimate of drug-likeness (QED) is 0.231. The Bertz CT molecular complexity index is 1680. The average Bonchev–Trinajstić information content (AvgIpc) is 3.47. The fourth-order valence-corrected chi connectivity index (χ4v) is 4.44. The molecule has 0 aliphatic rings. The zero-order valence-electron chi connectivity index (χ0n) is 20.7. The number of nitrogens with zero attached hydrogens (tertiary/aromatic N) is 5. The minimum absolute atomic E-state index is 0.0320.